The summed E-state index contributed by atoms with van der Waals surface area (Å²) >= 11 is 1.25. The second kappa shape index (κ2) is 52.5. The number of rotatable bonds is 52. The van der Waals surface area contributed by atoms with Crippen LogP contribution in [0.1, 0.15) is 183 Å². The lowest BCUT2D eigenvalue weighted by Gasteiger charge is -2.39. The number of unbranched alkanes of at least 4 members (excludes halogenated alkanes) is 1. The van der Waals surface area contributed by atoms with Gasteiger partial charge in [0.1, 0.15) is 42.2 Å². The molecule has 0 bridgehead atoms. The molecule has 1 unspecified atom stereocenters. The Kier molecular flexibility index (Phi) is 44.4. The summed E-state index contributed by atoms with van der Waals surface area (Å²) in [5.74, 6) is -11.0. The number of hydrogen-bond acceptors (Lipinski definition) is 23. The molecule has 2 aromatic carbocycles. The lowest BCUT2D eigenvalue weighted by Crippen LogP contribution is -2.59. The molecule has 1 aliphatic heterocycles. The number of thiazole rings is 1. The van der Waals surface area contributed by atoms with Gasteiger partial charge in [-0.15, -0.1) is 11.3 Å². The SMILES string of the molecule is CCCC(=O)OCN(C(=O)[C@@H](NC(=O)[C@H]1CCCCN1C)C(C)CC)[C@H](CCc1nc(C(=O)N[C@@H](Cc2ccc(O)cc2)C[C@H](C)C(=O)NNC(=O)OCCSSCCNC(=O)[C@@H](CC(=O)O)NC(=O)[C@@H](CC(=O)O)NC(=O)Cc2ccc(CNC(=O)NCCCC[C@@H](C)NC(=O)N[C@@H](CCCC(=O)O)C(=O)O)cc2)cs1)C(C)C. The van der Waals surface area contributed by atoms with Gasteiger partial charge in [-0.1, -0.05) is 112 Å². The van der Waals surface area contributed by atoms with E-state index in [0.717, 1.165) is 24.9 Å². The Morgan fingerprint density at radius 3 is 1.97 bits per heavy atom. The van der Waals surface area contributed by atoms with Crippen LogP contribution < -0.4 is 58.7 Å². The maximum Gasteiger partial charge on any atom is 0.426 e. The Hall–Kier alpha value is -10.0. The number of hydrazine groups is 1. The highest BCUT2D eigenvalue weighted by molar-refractivity contribution is 8.76. The minimum Gasteiger partial charge on any atom is -0.508 e. The van der Waals surface area contributed by atoms with E-state index < -0.39 is 133 Å². The van der Waals surface area contributed by atoms with Crippen molar-refractivity contribution in [3.63, 3.8) is 0 Å². The Morgan fingerprint density at radius 1 is 0.652 bits per heavy atom. The third kappa shape index (κ3) is 38.3. The second-order valence-electron chi connectivity index (χ2n) is 28.6. The number of esters is 1. The van der Waals surface area contributed by atoms with Crippen LogP contribution in [0.2, 0.25) is 0 Å². The summed E-state index contributed by atoms with van der Waals surface area (Å²) in [4.78, 5) is 200. The summed E-state index contributed by atoms with van der Waals surface area (Å²) in [5.41, 5.74) is 6.49. The van der Waals surface area contributed by atoms with Crippen molar-refractivity contribution >= 4 is 122 Å². The monoisotopic (exact) mass is 1670 g/mol. The molecular weight excluding hydrogens is 1560 g/mol. The summed E-state index contributed by atoms with van der Waals surface area (Å²) in [5, 5.41) is 73.1. The van der Waals surface area contributed by atoms with E-state index in [-0.39, 0.29) is 130 Å². The summed E-state index contributed by atoms with van der Waals surface area (Å²) in [7, 11) is 4.39. The molecule has 638 valence electrons. The van der Waals surface area contributed by atoms with Crippen molar-refractivity contribution in [2.75, 3.05) is 51.5 Å². The number of phenols is 1. The second-order valence-corrected chi connectivity index (χ2v) is 32.2. The molecule has 4 rings (SSSR count). The van der Waals surface area contributed by atoms with Gasteiger partial charge in [-0.2, -0.15) is 0 Å². The Balaban J connectivity index is 1.19. The number of likely N-dealkylation sites (tertiary alicyclic amines) is 1. The molecule has 16 N–H and O–H groups in total. The first-order valence-electron chi connectivity index (χ1n) is 38.6. The lowest BCUT2D eigenvalue weighted by atomic mass is 9.93. The number of carboxylic acid groups (broad SMARTS) is 4. The zero-order valence-electron chi connectivity index (χ0n) is 66.4. The summed E-state index contributed by atoms with van der Waals surface area (Å²) in [6, 6.07) is 4.21. The van der Waals surface area contributed by atoms with Crippen molar-refractivity contribution < 1.29 is 107 Å². The van der Waals surface area contributed by atoms with E-state index in [2.05, 4.69) is 63.7 Å². The summed E-state index contributed by atoms with van der Waals surface area (Å²) in [6.07, 6.45) is 3.24. The number of piperidine rings is 1. The van der Waals surface area contributed by atoms with Gasteiger partial charge in [-0.05, 0) is 132 Å². The molecular formula is C76H114N14O22S3. The predicted octanol–water partition coefficient (Wildman–Crippen LogP) is 5.10. The van der Waals surface area contributed by atoms with Crippen LogP contribution in [0.5, 0.6) is 5.75 Å². The number of nitrogens with one attached hydrogen (secondary N) is 11. The van der Waals surface area contributed by atoms with Crippen LogP contribution in [-0.2, 0) is 88.0 Å². The van der Waals surface area contributed by atoms with Crippen LogP contribution in [0.3, 0.4) is 0 Å². The first kappa shape index (κ1) is 97.3. The van der Waals surface area contributed by atoms with Crippen molar-refractivity contribution in [2.24, 2.45) is 17.8 Å². The van der Waals surface area contributed by atoms with E-state index >= 15 is 0 Å². The maximum atomic E-state index is 14.8. The fourth-order valence-corrected chi connectivity index (χ4v) is 14.7. The van der Waals surface area contributed by atoms with Crippen LogP contribution in [-0.4, -0.2) is 230 Å². The number of aryl methyl sites for hydroxylation is 1. The molecule has 1 saturated heterocycles. The highest BCUT2D eigenvalue weighted by Crippen LogP contribution is 2.26. The van der Waals surface area contributed by atoms with E-state index in [1.165, 1.54) is 45.1 Å². The van der Waals surface area contributed by atoms with Crippen molar-refractivity contribution in [2.45, 2.75) is 225 Å². The first-order valence-corrected chi connectivity index (χ1v) is 41.9. The number of ether oxygens (including phenoxy) is 2. The molecule has 3 aromatic rings. The molecule has 115 heavy (non-hydrogen) atoms. The van der Waals surface area contributed by atoms with Crippen LogP contribution in [0, 0.1) is 17.8 Å². The zero-order chi connectivity index (χ0) is 85.1. The van der Waals surface area contributed by atoms with Gasteiger partial charge < -0.3 is 87.8 Å². The van der Waals surface area contributed by atoms with Crippen molar-refractivity contribution in [3.05, 3.63) is 81.3 Å². The number of nitrogens with zero attached hydrogens (tertiary/aromatic N) is 3. The van der Waals surface area contributed by atoms with Crippen LogP contribution in [0.25, 0.3) is 0 Å². The van der Waals surface area contributed by atoms with Gasteiger partial charge in [-0.25, -0.2) is 29.6 Å². The largest absolute Gasteiger partial charge is 0.508 e. The smallest absolute Gasteiger partial charge is 0.426 e. The Morgan fingerprint density at radius 2 is 1.32 bits per heavy atom. The molecule has 2 heterocycles. The highest BCUT2D eigenvalue weighted by Gasteiger charge is 2.39. The normalized spacial score (nSPS) is 15.0. The van der Waals surface area contributed by atoms with E-state index in [1.807, 2.05) is 46.6 Å². The number of aliphatic carboxylic acids is 4. The molecule has 39 heteroatoms. The van der Waals surface area contributed by atoms with Gasteiger partial charge in [0.15, 0.2) is 6.73 Å². The molecule has 1 aliphatic rings. The fraction of sp³-hybridized carbons (Fsp3) is 0.605. The van der Waals surface area contributed by atoms with E-state index in [1.54, 1.807) is 60.5 Å². The number of carbonyl (C=O) groups excluding carboxylic acids is 11. The standard InChI is InChI=1S/C76H114N14O22S3/c1-9-16-65(99)112-44-90(72(105)66(46(5)10-2)86-71(104)59-19-12-14-33-89(59)8)58(45(3)4)29-30-61-83-57(43-113-61)70(103)81-52(38-49-25-27-53(91)28-26-49)37-47(6)67(100)87-88-76(110)111-34-36-115-114-35-32-77-68(101)55(40-63(95)96)84-69(102)56(41-64(97)98)82-60(92)39-50-21-23-51(24-22-50)42-79-74(108)78-31-13-11-17-48(7)80-75(109)85-54(73(106)107)18-15-20-62(93)94/h21-28,43,45-48,52,54-56,58-59,66,91H,9-20,29-42,44H2,1-8H3,(H,77,101)(H,81,103)(H,82,92)(H,84,102)(H,86,104)(H,87,100)(H,88,110)(H,93,94)(H,95,96)(H,97,98)(H,106,107)(H2,78,79,108)(H2,80,85,109)/t46?,47-,48+,52+,54-,55+,56+,58+,59+,66-/m0/s1. The molecule has 1 aromatic heterocycles. The number of benzene rings is 2. The molecule has 0 aliphatic carbocycles. The number of carbonyl (C=O) groups is 15. The van der Waals surface area contributed by atoms with E-state index in [4.69, 9.17) is 14.6 Å². The predicted molar refractivity (Wildman–Crippen MR) is 427 cm³/mol. The van der Waals surface area contributed by atoms with Crippen LogP contribution in [0.15, 0.2) is 53.9 Å². The van der Waals surface area contributed by atoms with Gasteiger partial charge in [-0.3, -0.25) is 63.1 Å². The molecule has 0 radical (unpaired) electrons. The van der Waals surface area contributed by atoms with Crippen molar-refractivity contribution in [1.29, 1.82) is 0 Å². The molecule has 10 atom stereocenters. The van der Waals surface area contributed by atoms with Gasteiger partial charge in [0, 0.05) is 79.8 Å². The Labute approximate surface area is 680 Å². The molecule has 12 amide bonds. The van der Waals surface area contributed by atoms with Gasteiger partial charge in [0.05, 0.1) is 30.3 Å². The highest BCUT2D eigenvalue weighted by atomic mass is 33.1. The molecule has 0 saturated carbocycles. The van der Waals surface area contributed by atoms with Crippen LogP contribution >= 0.6 is 32.9 Å². The zero-order valence-corrected chi connectivity index (χ0v) is 68.8. The number of likely N-dealkylation sites (N-methyl/N-ethyl adjacent to an activating group) is 1. The van der Waals surface area contributed by atoms with Gasteiger partial charge >= 0.3 is 48.0 Å². The molecule has 1 fully saturated rings. The number of phenolic OH excluding ortho intramolecular Hbond substituents is 1. The maximum absolute atomic E-state index is 14.8. The average molecular weight is 1670 g/mol. The molecule has 0 spiro atoms. The fourth-order valence-electron chi connectivity index (χ4n) is 12.2. The van der Waals surface area contributed by atoms with E-state index in [0.29, 0.717) is 74.0 Å². The van der Waals surface area contributed by atoms with Gasteiger partial charge in [0.25, 0.3) is 5.91 Å². The third-order valence-corrected chi connectivity index (χ3v) is 22.0. The van der Waals surface area contributed by atoms with Crippen LogP contribution in [0.4, 0.5) is 14.4 Å². The van der Waals surface area contributed by atoms with Crippen molar-refractivity contribution in [3.8, 4) is 5.75 Å². The number of aromatic nitrogens is 1. The minimum atomic E-state index is -1.72. The summed E-state index contributed by atoms with van der Waals surface area (Å²) < 4.78 is 10.9. The Bertz CT molecular complexity index is 3690. The number of aromatic hydroxyl groups is 1. The minimum absolute atomic E-state index is 0.0258. The van der Waals surface area contributed by atoms with Crippen molar-refractivity contribution in [1.82, 2.24) is 73.5 Å². The number of urea groups is 2. The number of carboxylic acids is 4. The first-order chi connectivity index (χ1) is 54.7. The number of amides is 12. The average Bonchev–Trinajstić information content (AvgIpc) is 1.49. The van der Waals surface area contributed by atoms with E-state index in [9.17, 15) is 92.3 Å². The lowest BCUT2D eigenvalue weighted by molar-refractivity contribution is -0.159. The van der Waals surface area contributed by atoms with Gasteiger partial charge in [0.2, 0.25) is 35.4 Å². The topological polar surface area (TPSA) is 527 Å². The third-order valence-electron chi connectivity index (χ3n) is 18.8. The molecule has 36 nitrogen and oxygen atoms in total. The summed E-state index contributed by atoms with van der Waals surface area (Å²) in [6.45, 7) is 13.6. The quantitative estimate of drug-likeness (QED) is 0.0115. The number of hydrogen-bond donors (Lipinski definition) is 16.